The Morgan fingerprint density at radius 1 is 1.19 bits per heavy atom. The van der Waals surface area contributed by atoms with Crippen LogP contribution in [0.3, 0.4) is 0 Å². The van der Waals surface area contributed by atoms with E-state index in [1.165, 1.54) is 0 Å². The molecule has 0 aliphatic heterocycles. The molecule has 3 rings (SSSR count). The van der Waals surface area contributed by atoms with Crippen molar-refractivity contribution >= 4 is 12.1 Å². The fourth-order valence-electron chi connectivity index (χ4n) is 3.07. The molecular formula is C20H24N6O. The molecule has 0 saturated heterocycles. The van der Waals surface area contributed by atoms with E-state index in [-0.39, 0.29) is 5.91 Å². The van der Waals surface area contributed by atoms with Crippen LogP contribution in [0.25, 0.3) is 5.69 Å². The average Bonchev–Trinajstić information content (AvgIpc) is 3.13. The lowest BCUT2D eigenvalue weighted by Crippen LogP contribution is -2.18. The summed E-state index contributed by atoms with van der Waals surface area (Å²) in [6, 6.07) is 9.93. The van der Waals surface area contributed by atoms with Crippen LogP contribution in [0.1, 0.15) is 40.3 Å². The number of rotatable bonds is 6. The van der Waals surface area contributed by atoms with E-state index >= 15 is 0 Å². The van der Waals surface area contributed by atoms with Gasteiger partial charge in [0.25, 0.3) is 0 Å². The fraction of sp³-hybridized carbons (Fsp3) is 0.300. The Morgan fingerprint density at radius 3 is 2.59 bits per heavy atom. The number of hydrogen-bond donors (Lipinski definition) is 2. The highest BCUT2D eigenvalue weighted by atomic mass is 16.2. The summed E-state index contributed by atoms with van der Waals surface area (Å²) in [4.78, 5) is 12.1. The highest BCUT2D eigenvalue weighted by molar-refractivity contribution is 5.84. The Labute approximate surface area is 158 Å². The SMILES string of the molecule is Cc1nn(-c2ccccc2)c(C)c1/C=N/NC(=O)CCc1c(C)n[nH]c1C. The summed E-state index contributed by atoms with van der Waals surface area (Å²) in [5, 5.41) is 15.8. The molecular weight excluding hydrogens is 340 g/mol. The van der Waals surface area contributed by atoms with Crippen LogP contribution in [0, 0.1) is 27.7 Å². The summed E-state index contributed by atoms with van der Waals surface area (Å²) in [6.07, 6.45) is 2.66. The molecule has 0 aliphatic rings. The zero-order chi connectivity index (χ0) is 19.4. The quantitative estimate of drug-likeness (QED) is 0.521. The van der Waals surface area contributed by atoms with Gasteiger partial charge in [-0.05, 0) is 51.8 Å². The number of hydrogen-bond acceptors (Lipinski definition) is 4. The number of aromatic amines is 1. The minimum absolute atomic E-state index is 0.128. The predicted molar refractivity (Wildman–Crippen MR) is 105 cm³/mol. The Hall–Kier alpha value is -3.22. The van der Waals surface area contributed by atoms with Crippen molar-refractivity contribution in [3.8, 4) is 5.69 Å². The highest BCUT2D eigenvalue weighted by Crippen LogP contribution is 2.16. The maximum atomic E-state index is 12.1. The molecule has 1 aromatic carbocycles. The first-order chi connectivity index (χ1) is 13.0. The van der Waals surface area contributed by atoms with Gasteiger partial charge in [0.2, 0.25) is 5.91 Å². The number of aromatic nitrogens is 4. The van der Waals surface area contributed by atoms with Crippen molar-refractivity contribution in [1.82, 2.24) is 25.4 Å². The van der Waals surface area contributed by atoms with Crippen LogP contribution in [-0.2, 0) is 11.2 Å². The molecule has 2 aromatic heterocycles. The van der Waals surface area contributed by atoms with Gasteiger partial charge in [0.05, 0.1) is 29.0 Å². The van der Waals surface area contributed by atoms with Gasteiger partial charge in [-0.2, -0.15) is 15.3 Å². The Balaban J connectivity index is 1.63. The van der Waals surface area contributed by atoms with Crippen LogP contribution in [0.5, 0.6) is 0 Å². The molecule has 0 aliphatic carbocycles. The minimum atomic E-state index is -0.128. The fourth-order valence-corrected chi connectivity index (χ4v) is 3.07. The number of benzene rings is 1. The standard InChI is InChI=1S/C20H24N6O/c1-13-18(14(2)23-22-13)10-11-20(27)24-21-12-19-15(3)25-26(16(19)4)17-8-6-5-7-9-17/h5-9,12H,10-11H2,1-4H3,(H,22,23)(H,24,27)/b21-12+. The van der Waals surface area contributed by atoms with E-state index in [2.05, 4.69) is 25.8 Å². The van der Waals surface area contributed by atoms with Gasteiger partial charge in [0.1, 0.15) is 0 Å². The second-order valence-electron chi connectivity index (χ2n) is 6.54. The molecule has 0 radical (unpaired) electrons. The molecule has 0 fully saturated rings. The normalized spacial score (nSPS) is 11.3. The first-order valence-electron chi connectivity index (χ1n) is 8.91. The number of aryl methyl sites for hydroxylation is 3. The van der Waals surface area contributed by atoms with Crippen molar-refractivity contribution in [3.05, 3.63) is 64.2 Å². The minimum Gasteiger partial charge on any atom is -0.282 e. The third-order valence-electron chi connectivity index (χ3n) is 4.61. The topological polar surface area (TPSA) is 88.0 Å². The molecule has 2 N–H and O–H groups in total. The average molecular weight is 364 g/mol. The molecule has 0 spiro atoms. The summed E-state index contributed by atoms with van der Waals surface area (Å²) in [5.41, 5.74) is 9.35. The van der Waals surface area contributed by atoms with Crippen LogP contribution >= 0.6 is 0 Å². The second kappa shape index (κ2) is 7.99. The van der Waals surface area contributed by atoms with Crippen LogP contribution in [0.15, 0.2) is 35.4 Å². The smallest absolute Gasteiger partial charge is 0.240 e. The van der Waals surface area contributed by atoms with E-state index in [9.17, 15) is 4.79 Å². The van der Waals surface area contributed by atoms with Crippen LogP contribution in [0.2, 0.25) is 0 Å². The second-order valence-corrected chi connectivity index (χ2v) is 6.54. The van der Waals surface area contributed by atoms with Crippen LogP contribution in [0.4, 0.5) is 0 Å². The first kappa shape index (κ1) is 18.6. The van der Waals surface area contributed by atoms with Crippen molar-refractivity contribution in [2.75, 3.05) is 0 Å². The molecule has 1 amide bonds. The number of H-pyrrole nitrogens is 1. The van der Waals surface area contributed by atoms with E-state index in [1.807, 2.05) is 62.7 Å². The van der Waals surface area contributed by atoms with Crippen LogP contribution in [-0.4, -0.2) is 32.1 Å². The van der Waals surface area contributed by atoms with Gasteiger partial charge in [0, 0.05) is 17.7 Å². The molecule has 140 valence electrons. The van der Waals surface area contributed by atoms with E-state index < -0.39 is 0 Å². The Bertz CT molecular complexity index is 949. The van der Waals surface area contributed by atoms with E-state index in [1.54, 1.807) is 6.21 Å². The molecule has 0 bridgehead atoms. The first-order valence-corrected chi connectivity index (χ1v) is 8.91. The van der Waals surface area contributed by atoms with Gasteiger partial charge >= 0.3 is 0 Å². The van der Waals surface area contributed by atoms with Crippen LogP contribution < -0.4 is 5.43 Å². The van der Waals surface area contributed by atoms with Crippen molar-refractivity contribution < 1.29 is 4.79 Å². The largest absolute Gasteiger partial charge is 0.282 e. The third-order valence-corrected chi connectivity index (χ3v) is 4.61. The summed E-state index contributed by atoms with van der Waals surface area (Å²) < 4.78 is 1.88. The van der Waals surface area contributed by atoms with E-state index in [0.29, 0.717) is 12.8 Å². The van der Waals surface area contributed by atoms with Gasteiger partial charge in [-0.1, -0.05) is 18.2 Å². The van der Waals surface area contributed by atoms with Crippen molar-refractivity contribution in [2.24, 2.45) is 5.10 Å². The zero-order valence-corrected chi connectivity index (χ0v) is 16.1. The zero-order valence-electron chi connectivity index (χ0n) is 16.1. The summed E-state index contributed by atoms with van der Waals surface area (Å²) in [5.74, 6) is -0.128. The number of nitrogens with zero attached hydrogens (tertiary/aromatic N) is 4. The lowest BCUT2D eigenvalue weighted by atomic mass is 10.1. The van der Waals surface area contributed by atoms with Gasteiger partial charge < -0.3 is 0 Å². The maximum Gasteiger partial charge on any atom is 0.240 e. The third kappa shape index (κ3) is 4.13. The van der Waals surface area contributed by atoms with Crippen molar-refractivity contribution in [3.63, 3.8) is 0 Å². The molecule has 7 nitrogen and oxygen atoms in total. The lowest BCUT2D eigenvalue weighted by Gasteiger charge is -2.03. The molecule has 2 heterocycles. The number of carbonyl (C=O) groups is 1. The maximum absolute atomic E-state index is 12.1. The summed E-state index contributed by atoms with van der Waals surface area (Å²) in [7, 11) is 0. The predicted octanol–water partition coefficient (Wildman–Crippen LogP) is 2.91. The molecule has 0 atom stereocenters. The number of amides is 1. The Morgan fingerprint density at radius 2 is 1.93 bits per heavy atom. The lowest BCUT2D eigenvalue weighted by molar-refractivity contribution is -0.121. The number of hydrazone groups is 1. The van der Waals surface area contributed by atoms with E-state index in [4.69, 9.17) is 0 Å². The van der Waals surface area contributed by atoms with E-state index in [0.717, 1.165) is 39.6 Å². The molecule has 0 saturated carbocycles. The molecule has 27 heavy (non-hydrogen) atoms. The van der Waals surface area contributed by atoms with Gasteiger partial charge in [0.15, 0.2) is 0 Å². The summed E-state index contributed by atoms with van der Waals surface area (Å²) >= 11 is 0. The van der Waals surface area contributed by atoms with Crippen molar-refractivity contribution in [1.29, 1.82) is 0 Å². The van der Waals surface area contributed by atoms with Gasteiger partial charge in [-0.25, -0.2) is 10.1 Å². The Kier molecular flexibility index (Phi) is 5.49. The number of carbonyl (C=O) groups excluding carboxylic acids is 1. The molecule has 3 aromatic rings. The van der Waals surface area contributed by atoms with Gasteiger partial charge in [-0.3, -0.25) is 9.89 Å². The highest BCUT2D eigenvalue weighted by Gasteiger charge is 2.12. The van der Waals surface area contributed by atoms with Gasteiger partial charge in [-0.15, -0.1) is 0 Å². The van der Waals surface area contributed by atoms with Crippen molar-refractivity contribution in [2.45, 2.75) is 40.5 Å². The molecule has 0 unspecified atom stereocenters. The number of nitrogens with one attached hydrogen (secondary N) is 2. The number of para-hydroxylation sites is 1. The summed E-state index contributed by atoms with van der Waals surface area (Å²) in [6.45, 7) is 7.81. The molecule has 7 heteroatoms. The monoisotopic (exact) mass is 364 g/mol.